The van der Waals surface area contributed by atoms with Crippen LogP contribution in [0.4, 0.5) is 17.6 Å². The van der Waals surface area contributed by atoms with Gasteiger partial charge in [-0.05, 0) is 136 Å². The Morgan fingerprint density at radius 1 is 0.475 bits per heavy atom. The van der Waals surface area contributed by atoms with Gasteiger partial charge in [-0.25, -0.2) is 0 Å². The van der Waals surface area contributed by atoms with E-state index >= 15 is 0 Å². The first-order valence-corrected chi connectivity index (χ1v) is 21.9. The van der Waals surface area contributed by atoms with Crippen molar-refractivity contribution >= 4 is 0 Å². The lowest BCUT2D eigenvalue weighted by molar-refractivity contribution is 0.304. The third-order valence-electron chi connectivity index (χ3n) is 11.4. The number of unbranched alkanes of at least 4 members (excludes halogenated alkanes) is 7. The second-order valence-corrected chi connectivity index (χ2v) is 15.9. The molecule has 0 spiro atoms. The molecule has 2 heterocycles. The summed E-state index contributed by atoms with van der Waals surface area (Å²) in [4.78, 5) is 6.37. The van der Waals surface area contributed by atoms with Gasteiger partial charge in [-0.1, -0.05) is 107 Å². The molecule has 0 atom stereocenters. The molecule has 0 N–H and O–H groups in total. The minimum atomic E-state index is -0.835. The van der Waals surface area contributed by atoms with E-state index in [0.717, 1.165) is 101 Å². The van der Waals surface area contributed by atoms with Gasteiger partial charge in [-0.15, -0.1) is 0 Å². The number of ether oxygens (including phenoxy) is 2. The Morgan fingerprint density at radius 3 is 1.25 bits per heavy atom. The average Bonchev–Trinajstić information content (AvgIpc) is 3.25. The third-order valence-corrected chi connectivity index (χ3v) is 11.4. The number of hydrogen-bond donors (Lipinski definition) is 0. The summed E-state index contributed by atoms with van der Waals surface area (Å²) < 4.78 is 64.6. The van der Waals surface area contributed by atoms with Crippen LogP contribution in [0.25, 0.3) is 0 Å². The summed E-state index contributed by atoms with van der Waals surface area (Å²) in [5, 5.41) is 0. The van der Waals surface area contributed by atoms with Crippen LogP contribution < -0.4 is 9.47 Å². The zero-order valence-electron chi connectivity index (χ0n) is 34.9. The first-order valence-electron chi connectivity index (χ1n) is 21.9. The molecule has 0 bridgehead atoms. The second kappa shape index (κ2) is 25.0. The van der Waals surface area contributed by atoms with Crippen molar-refractivity contribution in [3.63, 3.8) is 0 Å². The zero-order valence-corrected chi connectivity index (χ0v) is 34.9. The Labute approximate surface area is 350 Å². The summed E-state index contributed by atoms with van der Waals surface area (Å²) in [5.41, 5.74) is 3.03. The number of hydrogen-bond acceptors (Lipinski definition) is 4. The van der Waals surface area contributed by atoms with Gasteiger partial charge >= 0.3 is 0 Å². The summed E-state index contributed by atoms with van der Waals surface area (Å²) in [6.45, 7) is 6.00. The van der Waals surface area contributed by atoms with Crippen LogP contribution in [0.15, 0.2) is 72.8 Å². The lowest BCUT2D eigenvalue weighted by atomic mass is 9.79. The van der Waals surface area contributed by atoms with Crippen LogP contribution in [0.1, 0.15) is 157 Å². The highest BCUT2D eigenvalue weighted by molar-refractivity contribution is 5.35. The van der Waals surface area contributed by atoms with Crippen LogP contribution in [-0.2, 0) is 0 Å². The highest BCUT2D eigenvalue weighted by Gasteiger charge is 2.22. The molecule has 2 aliphatic carbocycles. The highest BCUT2D eigenvalue weighted by atomic mass is 19.1. The van der Waals surface area contributed by atoms with E-state index in [1.165, 1.54) is 68.2 Å². The van der Waals surface area contributed by atoms with E-state index in [0.29, 0.717) is 11.8 Å². The molecule has 8 heteroatoms. The van der Waals surface area contributed by atoms with Gasteiger partial charge in [0.15, 0.2) is 0 Å². The smallest absolute Gasteiger partial charge is 0.231 e. The minimum absolute atomic E-state index is 0.165. The molecule has 0 unspecified atom stereocenters. The molecule has 0 amide bonds. The molecule has 2 saturated carbocycles. The third kappa shape index (κ3) is 15.7. The molecule has 0 saturated heterocycles. The van der Waals surface area contributed by atoms with E-state index in [4.69, 9.17) is 9.47 Å². The summed E-state index contributed by atoms with van der Waals surface area (Å²) >= 11 is 0. The Bertz CT molecular complexity index is 1960. The Kier molecular flexibility index (Phi) is 19.1. The van der Waals surface area contributed by atoms with E-state index in [-0.39, 0.29) is 23.0 Å². The normalized spacial score (nSPS) is 18.6. The Hall–Kier alpha value is -4.82. The first-order chi connectivity index (χ1) is 28.8. The van der Waals surface area contributed by atoms with Crippen molar-refractivity contribution in [1.82, 2.24) is 9.97 Å². The number of pyridine rings is 2. The van der Waals surface area contributed by atoms with E-state index in [9.17, 15) is 17.6 Å². The second-order valence-electron chi connectivity index (χ2n) is 15.9. The first kappa shape index (κ1) is 45.3. The number of aromatic nitrogens is 2. The summed E-state index contributed by atoms with van der Waals surface area (Å²) in [5.74, 6) is 12.1. The largest absolute Gasteiger partial charge is 0.494 e. The van der Waals surface area contributed by atoms with Gasteiger partial charge in [0, 0.05) is 11.8 Å². The van der Waals surface area contributed by atoms with Gasteiger partial charge in [-0.2, -0.15) is 27.5 Å². The fraction of sp³-hybridized carbons (Fsp3) is 0.490. The van der Waals surface area contributed by atoms with E-state index in [1.54, 1.807) is 0 Å². The maximum atomic E-state index is 13.6. The van der Waals surface area contributed by atoms with Crippen molar-refractivity contribution < 1.29 is 27.0 Å². The Morgan fingerprint density at radius 2 is 0.847 bits per heavy atom. The molecule has 2 aromatic heterocycles. The summed E-state index contributed by atoms with van der Waals surface area (Å²) in [6.07, 6.45) is 19.4. The van der Waals surface area contributed by atoms with Gasteiger partial charge in [0.1, 0.15) is 11.5 Å². The van der Waals surface area contributed by atoms with Crippen LogP contribution in [0.3, 0.4) is 0 Å². The van der Waals surface area contributed by atoms with Gasteiger partial charge in [0.25, 0.3) is 0 Å². The maximum absolute atomic E-state index is 13.6. The highest BCUT2D eigenvalue weighted by Crippen LogP contribution is 2.37. The van der Waals surface area contributed by atoms with Gasteiger partial charge in [0.05, 0.1) is 24.3 Å². The van der Waals surface area contributed by atoms with Crippen molar-refractivity contribution in [1.29, 1.82) is 0 Å². The van der Waals surface area contributed by atoms with Crippen LogP contribution in [0, 0.1) is 59.3 Å². The van der Waals surface area contributed by atoms with Crippen molar-refractivity contribution in [2.24, 2.45) is 11.8 Å². The number of halogens is 4. The van der Waals surface area contributed by atoms with Crippen LogP contribution in [0.5, 0.6) is 11.5 Å². The summed E-state index contributed by atoms with van der Waals surface area (Å²) in [6, 6.07) is 22.0. The molecular weight excluding hydrogens is 749 g/mol. The molecule has 6 rings (SSSR count). The van der Waals surface area contributed by atoms with E-state index in [2.05, 4.69) is 96.0 Å². The Balaban J connectivity index is 0.000000225. The monoisotopic (exact) mass is 808 g/mol. The number of benzene rings is 2. The minimum Gasteiger partial charge on any atom is -0.494 e. The van der Waals surface area contributed by atoms with Crippen molar-refractivity contribution in [2.45, 2.75) is 135 Å². The van der Waals surface area contributed by atoms with Crippen molar-refractivity contribution in [3.8, 4) is 35.2 Å². The standard InChI is InChI=1S/C27H33F2NO.C24H27F2NO/c1-2-3-4-5-6-7-20-31-25-17-14-23(15-18-25)22-11-8-21(9-12-22)10-13-24-16-19-26(28)30-27(24)29;1-2-3-4-17-28-22-14-11-20(12-15-22)19-8-5-18(6-9-19)7-10-21-13-16-23(25)27-24(21)26/h14-19,21-22H,2-9,11-12,20H2,1H3;11-16,18-19H,2-6,8-9,17H2,1H3/t21-,22-;18-,19-. The van der Waals surface area contributed by atoms with Gasteiger partial charge in [-0.3, -0.25) is 0 Å². The fourth-order valence-electron chi connectivity index (χ4n) is 7.80. The van der Waals surface area contributed by atoms with Crippen LogP contribution in [-0.4, -0.2) is 23.2 Å². The molecule has 59 heavy (non-hydrogen) atoms. The number of nitrogens with zero attached hydrogens (tertiary/aromatic N) is 2. The predicted molar refractivity (Wildman–Crippen MR) is 228 cm³/mol. The van der Waals surface area contributed by atoms with Crippen molar-refractivity contribution in [2.75, 3.05) is 13.2 Å². The van der Waals surface area contributed by atoms with E-state index < -0.39 is 23.8 Å². The zero-order chi connectivity index (χ0) is 41.7. The van der Waals surface area contributed by atoms with Crippen molar-refractivity contribution in [3.05, 3.63) is 119 Å². The molecule has 2 aromatic carbocycles. The molecule has 0 aliphatic heterocycles. The average molecular weight is 809 g/mol. The van der Waals surface area contributed by atoms with Gasteiger partial charge in [0.2, 0.25) is 23.8 Å². The van der Waals surface area contributed by atoms with Gasteiger partial charge < -0.3 is 9.47 Å². The molecule has 4 aromatic rings. The molecule has 2 fully saturated rings. The molecule has 4 nitrogen and oxygen atoms in total. The molecule has 314 valence electrons. The quantitative estimate of drug-likeness (QED) is 0.0519. The molecular formula is C51H60F4N2O2. The lowest BCUT2D eigenvalue weighted by Gasteiger charge is -2.26. The summed E-state index contributed by atoms with van der Waals surface area (Å²) in [7, 11) is 0. The fourth-order valence-corrected chi connectivity index (χ4v) is 7.80. The predicted octanol–water partition coefficient (Wildman–Crippen LogP) is 13.7. The maximum Gasteiger partial charge on any atom is 0.231 e. The lowest BCUT2D eigenvalue weighted by Crippen LogP contribution is -2.12. The topological polar surface area (TPSA) is 44.2 Å². The molecule has 2 aliphatic rings. The SMILES string of the molecule is CCCCCCCCOc1ccc([C@H]2CC[C@H](C#Cc3ccc(F)nc3F)CC2)cc1.CCCCCOc1ccc([C@H]2CC[C@H](C#Cc3ccc(F)nc3F)CC2)cc1. The van der Waals surface area contributed by atoms with Crippen LogP contribution >= 0.6 is 0 Å². The van der Waals surface area contributed by atoms with E-state index in [1.807, 2.05) is 0 Å². The number of rotatable bonds is 15. The van der Waals surface area contributed by atoms with Crippen LogP contribution in [0.2, 0.25) is 0 Å². The molecule has 0 radical (unpaired) electrons.